The number of pyridine rings is 1. The lowest BCUT2D eigenvalue weighted by molar-refractivity contribution is -0.132. The van der Waals surface area contributed by atoms with Gasteiger partial charge in [-0.1, -0.05) is 0 Å². The Morgan fingerprint density at radius 2 is 2.12 bits per heavy atom. The van der Waals surface area contributed by atoms with Crippen molar-refractivity contribution in [2.24, 2.45) is 5.92 Å². The summed E-state index contributed by atoms with van der Waals surface area (Å²) in [4.78, 5) is 29.3. The van der Waals surface area contributed by atoms with Crippen molar-refractivity contribution in [2.45, 2.75) is 52.0 Å². The number of hydrogen-bond donors (Lipinski definition) is 1. The molecule has 0 radical (unpaired) electrons. The maximum atomic E-state index is 12.8. The van der Waals surface area contributed by atoms with Crippen molar-refractivity contribution in [1.29, 1.82) is 5.26 Å². The molecule has 1 atom stereocenters. The van der Waals surface area contributed by atoms with Gasteiger partial charge in [0.25, 0.3) is 5.56 Å². The SMILES string of the molecule is Cc1[nH]c(=O)c(C#N)c(C)c1CCC(=O)N(CC1CCOC1)C1CC1. The van der Waals surface area contributed by atoms with E-state index in [9.17, 15) is 9.59 Å². The topological polar surface area (TPSA) is 86.2 Å². The van der Waals surface area contributed by atoms with Gasteiger partial charge in [0.2, 0.25) is 5.91 Å². The van der Waals surface area contributed by atoms with Crippen molar-refractivity contribution in [3.05, 3.63) is 32.7 Å². The van der Waals surface area contributed by atoms with Crippen molar-refractivity contribution >= 4 is 5.91 Å². The molecule has 0 bridgehead atoms. The molecule has 1 aromatic heterocycles. The van der Waals surface area contributed by atoms with Crippen LogP contribution in [0, 0.1) is 31.1 Å². The fourth-order valence-corrected chi connectivity index (χ4v) is 3.64. The summed E-state index contributed by atoms with van der Waals surface area (Å²) < 4.78 is 5.43. The number of aromatic amines is 1. The molecule has 1 N–H and O–H groups in total. The van der Waals surface area contributed by atoms with Crippen molar-refractivity contribution in [3.8, 4) is 6.07 Å². The minimum absolute atomic E-state index is 0.148. The third kappa shape index (κ3) is 3.93. The summed E-state index contributed by atoms with van der Waals surface area (Å²) >= 11 is 0. The van der Waals surface area contributed by atoms with E-state index in [2.05, 4.69) is 4.98 Å². The van der Waals surface area contributed by atoms with Gasteiger partial charge in [-0.25, -0.2) is 0 Å². The molecule has 1 amide bonds. The Morgan fingerprint density at radius 3 is 2.72 bits per heavy atom. The van der Waals surface area contributed by atoms with E-state index in [4.69, 9.17) is 10.00 Å². The van der Waals surface area contributed by atoms with Crippen molar-refractivity contribution in [3.63, 3.8) is 0 Å². The molecule has 0 aromatic carbocycles. The van der Waals surface area contributed by atoms with Crippen molar-refractivity contribution in [1.82, 2.24) is 9.88 Å². The number of H-pyrrole nitrogens is 1. The molecule has 2 fully saturated rings. The number of nitrogens with zero attached hydrogens (tertiary/aromatic N) is 2. The molecule has 1 aromatic rings. The first kappa shape index (κ1) is 17.7. The summed E-state index contributed by atoms with van der Waals surface area (Å²) in [6.07, 6.45) is 4.17. The Bertz CT molecular complexity index is 752. The van der Waals surface area contributed by atoms with Crippen LogP contribution < -0.4 is 5.56 Å². The molecule has 1 saturated carbocycles. The minimum Gasteiger partial charge on any atom is -0.381 e. The number of carbonyl (C=O) groups excluding carboxylic acids is 1. The average molecular weight is 343 g/mol. The second-order valence-corrected chi connectivity index (χ2v) is 7.18. The third-order valence-electron chi connectivity index (χ3n) is 5.30. The number of ether oxygens (including phenoxy) is 1. The highest BCUT2D eigenvalue weighted by Crippen LogP contribution is 2.30. The van der Waals surface area contributed by atoms with Gasteiger partial charge in [0.15, 0.2) is 0 Å². The molecule has 1 saturated heterocycles. The molecule has 1 unspecified atom stereocenters. The fourth-order valence-electron chi connectivity index (χ4n) is 3.64. The van der Waals surface area contributed by atoms with Crippen LogP contribution in [0.4, 0.5) is 0 Å². The van der Waals surface area contributed by atoms with Gasteiger partial charge in [0, 0.05) is 37.2 Å². The van der Waals surface area contributed by atoms with Gasteiger partial charge in [0.05, 0.1) is 6.61 Å². The van der Waals surface area contributed by atoms with Gasteiger partial charge < -0.3 is 14.6 Å². The molecule has 134 valence electrons. The first-order chi connectivity index (χ1) is 12.0. The molecule has 6 heteroatoms. The van der Waals surface area contributed by atoms with Crippen LogP contribution in [0.15, 0.2) is 4.79 Å². The molecule has 2 heterocycles. The van der Waals surface area contributed by atoms with Crippen LogP contribution in [0.2, 0.25) is 0 Å². The van der Waals surface area contributed by atoms with Crippen LogP contribution in [-0.2, 0) is 16.0 Å². The zero-order chi connectivity index (χ0) is 18.0. The molecule has 25 heavy (non-hydrogen) atoms. The Hall–Kier alpha value is -2.13. The molecular weight excluding hydrogens is 318 g/mol. The molecule has 2 aliphatic rings. The number of rotatable bonds is 6. The summed E-state index contributed by atoms with van der Waals surface area (Å²) in [5.74, 6) is 0.615. The van der Waals surface area contributed by atoms with Crippen LogP contribution in [0.1, 0.15) is 48.1 Å². The van der Waals surface area contributed by atoms with E-state index < -0.39 is 0 Å². The molecular formula is C19H25N3O3. The monoisotopic (exact) mass is 343 g/mol. The lowest BCUT2D eigenvalue weighted by Gasteiger charge is -2.25. The minimum atomic E-state index is -0.353. The van der Waals surface area contributed by atoms with Gasteiger partial charge in [-0.2, -0.15) is 5.26 Å². The highest BCUT2D eigenvalue weighted by Gasteiger charge is 2.34. The van der Waals surface area contributed by atoms with E-state index >= 15 is 0 Å². The van der Waals surface area contributed by atoms with Crippen LogP contribution in [0.3, 0.4) is 0 Å². The Balaban J connectivity index is 1.69. The maximum absolute atomic E-state index is 12.8. The van der Waals surface area contributed by atoms with Gasteiger partial charge in [-0.05, 0) is 50.7 Å². The molecule has 0 spiro atoms. The predicted molar refractivity (Wildman–Crippen MR) is 93.2 cm³/mol. The summed E-state index contributed by atoms with van der Waals surface area (Å²) in [5.41, 5.74) is 2.14. The van der Waals surface area contributed by atoms with Crippen molar-refractivity contribution < 1.29 is 9.53 Å². The lowest BCUT2D eigenvalue weighted by Crippen LogP contribution is -2.37. The largest absolute Gasteiger partial charge is 0.381 e. The van der Waals surface area contributed by atoms with Crippen LogP contribution in [0.25, 0.3) is 0 Å². The van der Waals surface area contributed by atoms with E-state index in [1.807, 2.05) is 17.9 Å². The Morgan fingerprint density at radius 1 is 1.36 bits per heavy atom. The average Bonchev–Trinajstić information content (AvgIpc) is 3.28. The summed E-state index contributed by atoms with van der Waals surface area (Å²) in [7, 11) is 0. The standard InChI is InChI=1S/C19H25N3O3/c1-12-16(13(2)21-19(24)17(12)9-20)5-6-18(23)22(15-3-4-15)10-14-7-8-25-11-14/h14-15H,3-8,10-11H2,1-2H3,(H,21,24). The van der Waals surface area contributed by atoms with Crippen LogP contribution >= 0.6 is 0 Å². The second kappa shape index (κ2) is 7.40. The van der Waals surface area contributed by atoms with E-state index in [0.717, 1.165) is 50.3 Å². The highest BCUT2D eigenvalue weighted by atomic mass is 16.5. The first-order valence-electron chi connectivity index (χ1n) is 9.01. The smallest absolute Gasteiger partial charge is 0.266 e. The zero-order valence-electron chi connectivity index (χ0n) is 14.9. The van der Waals surface area contributed by atoms with Gasteiger partial charge >= 0.3 is 0 Å². The first-order valence-corrected chi connectivity index (χ1v) is 9.01. The van der Waals surface area contributed by atoms with E-state index in [-0.39, 0.29) is 17.0 Å². The number of nitriles is 1. The van der Waals surface area contributed by atoms with Gasteiger partial charge in [-0.15, -0.1) is 0 Å². The highest BCUT2D eigenvalue weighted by molar-refractivity contribution is 5.77. The molecule has 1 aliphatic heterocycles. The predicted octanol–water partition coefficient (Wildman–Crippen LogP) is 1.82. The number of aryl methyl sites for hydroxylation is 1. The number of aromatic nitrogens is 1. The number of carbonyl (C=O) groups is 1. The summed E-state index contributed by atoms with van der Waals surface area (Å²) in [5, 5.41) is 9.16. The Kier molecular flexibility index (Phi) is 5.24. The van der Waals surface area contributed by atoms with Crippen LogP contribution in [0.5, 0.6) is 0 Å². The van der Waals surface area contributed by atoms with Crippen molar-refractivity contribution in [2.75, 3.05) is 19.8 Å². The number of nitrogens with one attached hydrogen (secondary N) is 1. The quantitative estimate of drug-likeness (QED) is 0.854. The molecule has 3 rings (SSSR count). The number of amides is 1. The second-order valence-electron chi connectivity index (χ2n) is 7.18. The fraction of sp³-hybridized carbons (Fsp3) is 0.632. The lowest BCUT2D eigenvalue weighted by atomic mass is 9.98. The number of hydrogen-bond acceptors (Lipinski definition) is 4. The normalized spacial score (nSPS) is 19.6. The summed E-state index contributed by atoms with van der Waals surface area (Å²) in [6.45, 7) is 5.94. The van der Waals surface area contributed by atoms with Gasteiger partial charge in [-0.3, -0.25) is 9.59 Å². The third-order valence-corrected chi connectivity index (χ3v) is 5.30. The van der Waals surface area contributed by atoms with E-state index in [1.54, 1.807) is 6.92 Å². The maximum Gasteiger partial charge on any atom is 0.266 e. The summed E-state index contributed by atoms with van der Waals surface area (Å²) in [6, 6.07) is 2.35. The van der Waals surface area contributed by atoms with E-state index in [0.29, 0.717) is 30.4 Å². The van der Waals surface area contributed by atoms with Crippen LogP contribution in [-0.4, -0.2) is 41.6 Å². The molecule has 6 nitrogen and oxygen atoms in total. The van der Waals surface area contributed by atoms with E-state index in [1.165, 1.54) is 0 Å². The molecule has 1 aliphatic carbocycles. The van der Waals surface area contributed by atoms with Gasteiger partial charge in [0.1, 0.15) is 11.6 Å². The Labute approximate surface area is 147 Å². The zero-order valence-corrected chi connectivity index (χ0v) is 14.9.